The molecule has 0 unspecified atom stereocenters. The van der Waals surface area contributed by atoms with Gasteiger partial charge >= 0.3 is 0 Å². The number of benzene rings is 1. The van der Waals surface area contributed by atoms with E-state index < -0.39 is 10.1 Å². The first-order valence-corrected chi connectivity index (χ1v) is 7.81. The molecule has 0 aliphatic carbocycles. The van der Waals surface area contributed by atoms with E-state index in [1.165, 1.54) is 0 Å². The minimum atomic E-state index is -3.43. The van der Waals surface area contributed by atoms with E-state index in [1.807, 2.05) is 31.2 Å². The summed E-state index contributed by atoms with van der Waals surface area (Å²) in [6.45, 7) is 2.28. The van der Waals surface area contributed by atoms with Crippen molar-refractivity contribution >= 4 is 32.7 Å². The molecule has 0 saturated carbocycles. The number of unbranched alkanes of at least 4 members (excludes halogenated alkanes) is 1. The van der Waals surface area contributed by atoms with E-state index in [2.05, 4.69) is 22.6 Å². The summed E-state index contributed by atoms with van der Waals surface area (Å²) in [5, 5.41) is 0. The summed E-state index contributed by atoms with van der Waals surface area (Å²) < 4.78 is 29.0. The molecule has 0 spiro atoms. The van der Waals surface area contributed by atoms with E-state index in [9.17, 15) is 8.42 Å². The van der Waals surface area contributed by atoms with E-state index >= 15 is 0 Å². The zero-order valence-corrected chi connectivity index (χ0v) is 12.1. The number of rotatable bonds is 6. The van der Waals surface area contributed by atoms with Gasteiger partial charge in [0.25, 0.3) is 10.1 Å². The zero-order valence-electron chi connectivity index (χ0n) is 9.15. The summed E-state index contributed by atoms with van der Waals surface area (Å²) in [7, 11) is -3.43. The fraction of sp³-hybridized carbons (Fsp3) is 0.455. The van der Waals surface area contributed by atoms with Gasteiger partial charge in [0, 0.05) is 3.57 Å². The molecule has 1 rings (SSSR count). The van der Waals surface area contributed by atoms with Crippen molar-refractivity contribution in [3.8, 4) is 0 Å². The lowest BCUT2D eigenvalue weighted by atomic mass is 10.2. The van der Waals surface area contributed by atoms with E-state index in [-0.39, 0.29) is 12.4 Å². The lowest BCUT2D eigenvalue weighted by molar-refractivity contribution is 0.310. The molecular weight excluding hydrogens is 339 g/mol. The normalized spacial score (nSPS) is 11.6. The second-order valence-corrected chi connectivity index (χ2v) is 6.27. The Morgan fingerprint density at radius 1 is 1.31 bits per heavy atom. The standard InChI is InChI=1S/C11H15IO3S/c1-2-3-8-15-16(13,14)9-10-6-4-5-7-11(10)12/h4-7H,2-3,8-9H2,1H3. The van der Waals surface area contributed by atoms with Crippen molar-refractivity contribution in [3.63, 3.8) is 0 Å². The van der Waals surface area contributed by atoms with E-state index in [0.29, 0.717) is 0 Å². The van der Waals surface area contributed by atoms with Gasteiger partial charge < -0.3 is 0 Å². The smallest absolute Gasteiger partial charge is 0.270 e. The van der Waals surface area contributed by atoms with Gasteiger partial charge in [-0.1, -0.05) is 31.5 Å². The van der Waals surface area contributed by atoms with Crippen LogP contribution in [0.15, 0.2) is 24.3 Å². The Bertz CT molecular complexity index is 429. The van der Waals surface area contributed by atoms with Crippen LogP contribution in [-0.4, -0.2) is 15.0 Å². The van der Waals surface area contributed by atoms with Crippen LogP contribution in [0.1, 0.15) is 25.3 Å². The Labute approximate surface area is 110 Å². The molecule has 0 aliphatic rings. The fourth-order valence-corrected chi connectivity index (χ4v) is 3.10. The zero-order chi connectivity index (χ0) is 12.0. The molecule has 0 fully saturated rings. The molecule has 0 N–H and O–H groups in total. The fourth-order valence-electron chi connectivity index (χ4n) is 1.18. The van der Waals surface area contributed by atoms with Gasteiger partial charge in [0.15, 0.2) is 0 Å². The maximum atomic E-state index is 11.6. The minimum Gasteiger partial charge on any atom is -0.270 e. The SMILES string of the molecule is CCCCOS(=O)(=O)Cc1ccccc1I. The Balaban J connectivity index is 2.63. The predicted octanol–water partition coefficient (Wildman–Crippen LogP) is 2.94. The molecule has 0 amide bonds. The maximum Gasteiger partial charge on any atom is 0.271 e. The molecule has 1 aromatic carbocycles. The molecule has 90 valence electrons. The molecule has 0 aliphatic heterocycles. The molecule has 16 heavy (non-hydrogen) atoms. The van der Waals surface area contributed by atoms with Crippen LogP contribution >= 0.6 is 22.6 Å². The van der Waals surface area contributed by atoms with Crippen molar-refractivity contribution < 1.29 is 12.6 Å². The molecule has 3 nitrogen and oxygen atoms in total. The van der Waals surface area contributed by atoms with Gasteiger partial charge in [0.2, 0.25) is 0 Å². The third-order valence-corrected chi connectivity index (χ3v) is 4.29. The predicted molar refractivity (Wildman–Crippen MR) is 72.6 cm³/mol. The Hall–Kier alpha value is -0.140. The quantitative estimate of drug-likeness (QED) is 0.448. The highest BCUT2D eigenvalue weighted by atomic mass is 127. The Kier molecular flexibility index (Phi) is 5.71. The van der Waals surface area contributed by atoms with Crippen molar-refractivity contribution in [2.75, 3.05) is 6.61 Å². The minimum absolute atomic E-state index is 0.0458. The topological polar surface area (TPSA) is 43.4 Å². The summed E-state index contributed by atoms with van der Waals surface area (Å²) in [6, 6.07) is 7.41. The lowest BCUT2D eigenvalue weighted by Gasteiger charge is -2.06. The largest absolute Gasteiger partial charge is 0.271 e. The van der Waals surface area contributed by atoms with Crippen LogP contribution in [0, 0.1) is 3.57 Å². The summed E-state index contributed by atoms with van der Waals surface area (Å²) >= 11 is 2.13. The summed E-state index contributed by atoms with van der Waals surface area (Å²) in [6.07, 6.45) is 1.70. The van der Waals surface area contributed by atoms with Gasteiger partial charge in [-0.3, -0.25) is 4.18 Å². The molecule has 0 radical (unpaired) electrons. The van der Waals surface area contributed by atoms with Crippen LogP contribution in [0.3, 0.4) is 0 Å². The Morgan fingerprint density at radius 3 is 2.62 bits per heavy atom. The van der Waals surface area contributed by atoms with Gasteiger partial charge in [0.05, 0.1) is 6.61 Å². The van der Waals surface area contributed by atoms with Crippen LogP contribution in [0.25, 0.3) is 0 Å². The van der Waals surface area contributed by atoms with Crippen molar-refractivity contribution in [3.05, 3.63) is 33.4 Å². The summed E-state index contributed by atoms with van der Waals surface area (Å²) in [5.41, 5.74) is 0.791. The van der Waals surface area contributed by atoms with E-state index in [4.69, 9.17) is 4.18 Å². The monoisotopic (exact) mass is 354 g/mol. The van der Waals surface area contributed by atoms with Crippen LogP contribution < -0.4 is 0 Å². The molecule has 0 saturated heterocycles. The molecule has 0 aromatic heterocycles. The van der Waals surface area contributed by atoms with Gasteiger partial charge in [-0.15, -0.1) is 0 Å². The van der Waals surface area contributed by atoms with Gasteiger partial charge in [0.1, 0.15) is 5.75 Å². The maximum absolute atomic E-state index is 11.6. The third-order valence-electron chi connectivity index (χ3n) is 2.05. The van der Waals surface area contributed by atoms with Crippen LogP contribution in [0.4, 0.5) is 0 Å². The molecule has 5 heteroatoms. The molecule has 0 heterocycles. The average Bonchev–Trinajstić information content (AvgIpc) is 2.21. The van der Waals surface area contributed by atoms with Crippen LogP contribution in [0.2, 0.25) is 0 Å². The number of hydrogen-bond donors (Lipinski definition) is 0. The highest BCUT2D eigenvalue weighted by Gasteiger charge is 2.13. The van der Waals surface area contributed by atoms with Crippen molar-refractivity contribution in [1.82, 2.24) is 0 Å². The first kappa shape index (κ1) is 13.9. The number of hydrogen-bond acceptors (Lipinski definition) is 3. The van der Waals surface area contributed by atoms with Crippen LogP contribution in [0.5, 0.6) is 0 Å². The second-order valence-electron chi connectivity index (χ2n) is 3.47. The van der Waals surface area contributed by atoms with Crippen LogP contribution in [-0.2, 0) is 20.1 Å². The van der Waals surface area contributed by atoms with Crippen molar-refractivity contribution in [1.29, 1.82) is 0 Å². The van der Waals surface area contributed by atoms with Gasteiger partial charge in [-0.25, -0.2) is 0 Å². The first-order chi connectivity index (χ1) is 7.55. The molecule has 1 aromatic rings. The molecular formula is C11H15IO3S. The second kappa shape index (κ2) is 6.56. The van der Waals surface area contributed by atoms with Crippen molar-refractivity contribution in [2.24, 2.45) is 0 Å². The average molecular weight is 354 g/mol. The Morgan fingerprint density at radius 2 is 2.00 bits per heavy atom. The summed E-state index contributed by atoms with van der Waals surface area (Å²) in [5.74, 6) is -0.0458. The molecule has 0 atom stereocenters. The first-order valence-electron chi connectivity index (χ1n) is 5.15. The van der Waals surface area contributed by atoms with Crippen molar-refractivity contribution in [2.45, 2.75) is 25.5 Å². The van der Waals surface area contributed by atoms with Gasteiger partial charge in [-0.2, -0.15) is 8.42 Å². The lowest BCUT2D eigenvalue weighted by Crippen LogP contribution is -2.10. The molecule has 0 bridgehead atoms. The third kappa shape index (κ3) is 4.80. The van der Waals surface area contributed by atoms with E-state index in [0.717, 1.165) is 22.0 Å². The summed E-state index contributed by atoms with van der Waals surface area (Å²) in [4.78, 5) is 0. The van der Waals surface area contributed by atoms with Gasteiger partial charge in [-0.05, 0) is 40.6 Å². The number of halogens is 1. The van der Waals surface area contributed by atoms with E-state index in [1.54, 1.807) is 0 Å². The highest BCUT2D eigenvalue weighted by Crippen LogP contribution is 2.15. The highest BCUT2D eigenvalue weighted by molar-refractivity contribution is 14.1.